The van der Waals surface area contributed by atoms with E-state index in [1.807, 2.05) is 12.1 Å². The van der Waals surface area contributed by atoms with Crippen molar-refractivity contribution in [3.8, 4) is 0 Å². The second-order valence-electron chi connectivity index (χ2n) is 7.56. The average Bonchev–Trinajstić information content (AvgIpc) is 2.74. The highest BCUT2D eigenvalue weighted by Crippen LogP contribution is 2.17. The molecule has 0 unspecified atom stereocenters. The zero-order valence-electron chi connectivity index (χ0n) is 19.1. The minimum absolute atomic E-state index is 0.0943. The summed E-state index contributed by atoms with van der Waals surface area (Å²) in [5.41, 5.74) is 1.75. The molecular weight excluding hydrogens is 430 g/mol. The van der Waals surface area contributed by atoms with Crippen LogP contribution in [-0.4, -0.2) is 45.5 Å². The third kappa shape index (κ3) is 6.80. The lowest BCUT2D eigenvalue weighted by Crippen LogP contribution is -2.30. The summed E-state index contributed by atoms with van der Waals surface area (Å²) in [5, 5.41) is 2.62. The summed E-state index contributed by atoms with van der Waals surface area (Å²) in [7, 11) is -3.61. The van der Waals surface area contributed by atoms with E-state index in [9.17, 15) is 18.0 Å². The van der Waals surface area contributed by atoms with Crippen molar-refractivity contribution >= 4 is 33.3 Å². The second-order valence-corrected chi connectivity index (χ2v) is 9.27. The number of nitrogens with one attached hydrogen (secondary N) is 2. The van der Waals surface area contributed by atoms with Gasteiger partial charge in [0.15, 0.2) is 6.10 Å². The van der Waals surface area contributed by atoms with E-state index >= 15 is 0 Å². The minimum Gasteiger partial charge on any atom is -0.449 e. The monoisotopic (exact) mass is 461 g/mol. The molecule has 9 heteroatoms. The summed E-state index contributed by atoms with van der Waals surface area (Å²) in [6.07, 6.45) is -1.03. The van der Waals surface area contributed by atoms with Crippen LogP contribution < -0.4 is 14.9 Å². The van der Waals surface area contributed by atoms with Crippen LogP contribution in [0.5, 0.6) is 0 Å². The van der Waals surface area contributed by atoms with E-state index in [1.54, 1.807) is 26.0 Å². The molecule has 174 valence electrons. The number of benzene rings is 2. The normalized spacial score (nSPS) is 12.3. The highest BCUT2D eigenvalue weighted by Gasteiger charge is 2.20. The van der Waals surface area contributed by atoms with Crippen molar-refractivity contribution in [2.24, 2.45) is 0 Å². The Labute approximate surface area is 190 Å². The Kier molecular flexibility index (Phi) is 8.80. The Balaban J connectivity index is 1.97. The summed E-state index contributed by atoms with van der Waals surface area (Å²) in [5.74, 6) is -1.12. The molecular formula is C23H31N3O5S. The predicted octanol–water partition coefficient (Wildman–Crippen LogP) is 3.40. The fourth-order valence-corrected chi connectivity index (χ4v) is 4.27. The quantitative estimate of drug-likeness (QED) is 0.526. The SMILES string of the molecule is CCN(CC)c1ccc(C(=O)O[C@@H](C)C(=O)Nc2ccc(S(=O)(=O)NC(C)C)cc2)cc1. The van der Waals surface area contributed by atoms with E-state index in [0.717, 1.165) is 18.8 Å². The minimum atomic E-state index is -3.61. The number of ether oxygens (including phenoxy) is 1. The molecule has 32 heavy (non-hydrogen) atoms. The number of carbonyl (C=O) groups excluding carboxylic acids is 2. The Hall–Kier alpha value is -2.91. The Morgan fingerprint density at radius 2 is 1.50 bits per heavy atom. The van der Waals surface area contributed by atoms with Gasteiger partial charge < -0.3 is 15.0 Å². The first-order chi connectivity index (χ1) is 15.1. The van der Waals surface area contributed by atoms with E-state index in [2.05, 4.69) is 28.8 Å². The van der Waals surface area contributed by atoms with Crippen LogP contribution in [0.25, 0.3) is 0 Å². The molecule has 1 amide bonds. The van der Waals surface area contributed by atoms with Gasteiger partial charge in [-0.3, -0.25) is 4.79 Å². The van der Waals surface area contributed by atoms with Gasteiger partial charge in [-0.15, -0.1) is 0 Å². The molecule has 0 fully saturated rings. The molecule has 0 aliphatic carbocycles. The summed E-state index contributed by atoms with van der Waals surface area (Å²) in [6, 6.07) is 12.6. The molecule has 0 spiro atoms. The van der Waals surface area contributed by atoms with Crippen molar-refractivity contribution in [2.45, 2.75) is 51.7 Å². The zero-order valence-corrected chi connectivity index (χ0v) is 19.9. The van der Waals surface area contributed by atoms with Gasteiger partial charge in [0.2, 0.25) is 10.0 Å². The number of rotatable bonds is 10. The molecule has 2 aromatic carbocycles. The maximum atomic E-state index is 12.4. The molecule has 0 bridgehead atoms. The number of hydrogen-bond acceptors (Lipinski definition) is 6. The number of amides is 1. The van der Waals surface area contributed by atoms with E-state index in [0.29, 0.717) is 11.3 Å². The second kappa shape index (κ2) is 11.1. The van der Waals surface area contributed by atoms with Crippen LogP contribution in [0.2, 0.25) is 0 Å². The Morgan fingerprint density at radius 1 is 0.938 bits per heavy atom. The third-order valence-electron chi connectivity index (χ3n) is 4.71. The zero-order chi connectivity index (χ0) is 23.9. The van der Waals surface area contributed by atoms with E-state index in [-0.39, 0.29) is 10.9 Å². The fraction of sp³-hybridized carbons (Fsp3) is 0.391. The van der Waals surface area contributed by atoms with Crippen molar-refractivity contribution in [1.29, 1.82) is 0 Å². The molecule has 1 atom stereocenters. The van der Waals surface area contributed by atoms with Crippen molar-refractivity contribution in [3.05, 3.63) is 54.1 Å². The molecule has 0 saturated carbocycles. The third-order valence-corrected chi connectivity index (χ3v) is 6.38. The molecule has 0 aliphatic rings. The van der Waals surface area contributed by atoms with Gasteiger partial charge in [-0.1, -0.05) is 0 Å². The summed E-state index contributed by atoms with van der Waals surface area (Å²) in [6.45, 7) is 10.8. The number of hydrogen-bond donors (Lipinski definition) is 2. The van der Waals surface area contributed by atoms with Crippen LogP contribution >= 0.6 is 0 Å². The van der Waals surface area contributed by atoms with Gasteiger partial charge in [0.1, 0.15) is 0 Å². The molecule has 0 heterocycles. The predicted molar refractivity (Wildman–Crippen MR) is 125 cm³/mol. The highest BCUT2D eigenvalue weighted by atomic mass is 32.2. The van der Waals surface area contributed by atoms with E-state index < -0.39 is 28.0 Å². The first-order valence-corrected chi connectivity index (χ1v) is 12.0. The molecule has 0 aliphatic heterocycles. The number of anilines is 2. The van der Waals surface area contributed by atoms with Gasteiger partial charge >= 0.3 is 5.97 Å². The van der Waals surface area contributed by atoms with Gasteiger partial charge in [-0.05, 0) is 83.1 Å². The van der Waals surface area contributed by atoms with Crippen LogP contribution in [0.15, 0.2) is 53.4 Å². The number of esters is 1. The van der Waals surface area contributed by atoms with Gasteiger partial charge in [0, 0.05) is 30.5 Å². The standard InChI is InChI=1S/C23H31N3O5S/c1-6-26(7-2)20-12-8-18(9-13-20)23(28)31-17(5)22(27)24-19-10-14-21(15-11-19)32(29,30)25-16(3)4/h8-17,25H,6-7H2,1-5H3,(H,24,27)/t17-/m0/s1. The smallest absolute Gasteiger partial charge is 0.338 e. The lowest BCUT2D eigenvalue weighted by molar-refractivity contribution is -0.123. The van der Waals surface area contributed by atoms with Crippen LogP contribution in [0.4, 0.5) is 11.4 Å². The lowest BCUT2D eigenvalue weighted by Gasteiger charge is -2.21. The van der Waals surface area contributed by atoms with Crippen LogP contribution in [0, 0.1) is 0 Å². The number of sulfonamides is 1. The van der Waals surface area contributed by atoms with Crippen molar-refractivity contribution in [2.75, 3.05) is 23.3 Å². The van der Waals surface area contributed by atoms with Crippen molar-refractivity contribution < 1.29 is 22.7 Å². The van der Waals surface area contributed by atoms with Gasteiger partial charge in [0.25, 0.3) is 5.91 Å². The van der Waals surface area contributed by atoms with Crippen LogP contribution in [0.3, 0.4) is 0 Å². The molecule has 0 radical (unpaired) electrons. The van der Waals surface area contributed by atoms with Gasteiger partial charge in [-0.2, -0.15) is 0 Å². The first kappa shape index (κ1) is 25.4. The van der Waals surface area contributed by atoms with Crippen molar-refractivity contribution in [3.63, 3.8) is 0 Å². The molecule has 0 aromatic heterocycles. The number of carbonyl (C=O) groups is 2. The van der Waals surface area contributed by atoms with Crippen LogP contribution in [-0.2, 0) is 19.6 Å². The van der Waals surface area contributed by atoms with Crippen LogP contribution in [0.1, 0.15) is 45.0 Å². The maximum Gasteiger partial charge on any atom is 0.338 e. The largest absolute Gasteiger partial charge is 0.449 e. The van der Waals surface area contributed by atoms with Crippen molar-refractivity contribution in [1.82, 2.24) is 4.72 Å². The van der Waals surface area contributed by atoms with Gasteiger partial charge in [0.05, 0.1) is 10.5 Å². The average molecular weight is 462 g/mol. The Morgan fingerprint density at radius 3 is 2.00 bits per heavy atom. The molecule has 8 nitrogen and oxygen atoms in total. The molecule has 2 rings (SSSR count). The maximum absolute atomic E-state index is 12.4. The fourth-order valence-electron chi connectivity index (χ4n) is 3.02. The summed E-state index contributed by atoms with van der Waals surface area (Å²) < 4.78 is 32.1. The van der Waals surface area contributed by atoms with Gasteiger partial charge in [-0.25, -0.2) is 17.9 Å². The number of nitrogens with zero attached hydrogens (tertiary/aromatic N) is 1. The summed E-state index contributed by atoms with van der Waals surface area (Å²) in [4.78, 5) is 27.0. The topological polar surface area (TPSA) is 105 Å². The molecule has 2 N–H and O–H groups in total. The first-order valence-electron chi connectivity index (χ1n) is 10.6. The van der Waals surface area contributed by atoms with E-state index in [4.69, 9.17) is 4.74 Å². The summed E-state index contributed by atoms with van der Waals surface area (Å²) >= 11 is 0. The molecule has 0 saturated heterocycles. The lowest BCUT2D eigenvalue weighted by atomic mass is 10.2. The Bertz CT molecular complexity index is 1010. The molecule has 2 aromatic rings. The van der Waals surface area contributed by atoms with E-state index in [1.165, 1.54) is 31.2 Å². The highest BCUT2D eigenvalue weighted by molar-refractivity contribution is 7.89.